The Labute approximate surface area is 492 Å². The summed E-state index contributed by atoms with van der Waals surface area (Å²) in [6.07, 6.45) is -35.8. The minimum absolute atomic E-state index is 0.0271. The number of aliphatic hydroxyl groups is 10. The van der Waals surface area contributed by atoms with Gasteiger partial charge < -0.3 is 103 Å². The van der Waals surface area contributed by atoms with Crippen LogP contribution in [0, 0.1) is 39.4 Å². The molecule has 85 heavy (non-hydrogen) atoms. The maximum atomic E-state index is 13.0. The van der Waals surface area contributed by atoms with Crippen molar-refractivity contribution in [2.24, 2.45) is 39.4 Å². The van der Waals surface area contributed by atoms with E-state index in [0.717, 1.165) is 39.2 Å². The number of Topliss-reactive ketones (excluding diaryl/α,β-unsaturated/α-hetero) is 1. The topological polar surface area (TPSA) is 448 Å². The molecule has 0 aromatic carbocycles. The number of ketones is 1. The number of hydrogen-bond donors (Lipinski definition) is 12. The fourth-order valence-electron chi connectivity index (χ4n) is 15.9. The van der Waals surface area contributed by atoms with Crippen LogP contribution in [0.3, 0.4) is 0 Å². The summed E-state index contributed by atoms with van der Waals surface area (Å²) in [5, 5.41) is 112. The third-order valence-electron chi connectivity index (χ3n) is 20.7. The van der Waals surface area contributed by atoms with E-state index in [0.29, 0.717) is 12.8 Å². The molecule has 5 saturated heterocycles. The Morgan fingerprint density at radius 3 is 1.85 bits per heavy atom. The van der Waals surface area contributed by atoms with Gasteiger partial charge in [-0.2, -0.15) is 16.8 Å². The predicted octanol–water partition coefficient (Wildman–Crippen LogP) is -2.72. The molecule has 30 unspecified atom stereocenters. The fraction of sp³-hybridized carbons (Fsp3) is 0.943. The third-order valence-corrected chi connectivity index (χ3v) is 21.6. The van der Waals surface area contributed by atoms with Gasteiger partial charge in [-0.25, -0.2) is 8.37 Å². The average Bonchev–Trinajstić information content (AvgIpc) is 1.81. The highest BCUT2D eigenvalue weighted by Crippen LogP contribution is 2.72. The lowest BCUT2D eigenvalue weighted by Gasteiger charge is -2.64. The minimum atomic E-state index is -5.27. The molecule has 30 atom stereocenters. The average molecular weight is 1270 g/mol. The largest absolute Gasteiger partial charge is 0.397 e. The number of hydrogen-bond acceptors (Lipinski definition) is 28. The molecule has 9 rings (SSSR count). The van der Waals surface area contributed by atoms with Crippen molar-refractivity contribution in [3.8, 4) is 0 Å². The molecule has 490 valence electrons. The van der Waals surface area contributed by atoms with Crippen molar-refractivity contribution in [2.75, 3.05) is 33.5 Å². The summed E-state index contributed by atoms with van der Waals surface area (Å²) >= 11 is 0. The second kappa shape index (κ2) is 25.4. The smallest absolute Gasteiger partial charge is 0.394 e. The molecule has 0 aromatic rings. The first-order valence-electron chi connectivity index (χ1n) is 28.8. The zero-order chi connectivity index (χ0) is 62.4. The molecule has 0 radical (unpaired) electrons. The lowest BCUT2D eigenvalue weighted by molar-refractivity contribution is -0.403. The summed E-state index contributed by atoms with van der Waals surface area (Å²) < 4.78 is 142. The molecule has 9 aliphatic rings. The second-order valence-electron chi connectivity index (χ2n) is 25.7. The van der Waals surface area contributed by atoms with E-state index < -0.39 is 200 Å². The Kier molecular flexibility index (Phi) is 20.2. The molecule has 30 nitrogen and oxygen atoms in total. The Morgan fingerprint density at radius 2 is 1.21 bits per heavy atom. The molecule has 0 spiro atoms. The SMILES string of the molecule is COC1C(O)C(CO)OC(OC2C(O)C(COS(=O)(=O)O)OC(OC3C(C)OC(OC4C(OC5CCC6(C)C7=CCC8(C)C(C(C)=O)CCC8(C)C7CCC6C5(C)C)OCC(OS(=O)(=O)O)C4O)C(OC4OCC(O)C(O)C4O)C3O)C2O)C1O. The van der Waals surface area contributed by atoms with E-state index in [1.165, 1.54) is 12.5 Å². The van der Waals surface area contributed by atoms with Crippen molar-refractivity contribution in [1.29, 1.82) is 0 Å². The van der Waals surface area contributed by atoms with Crippen LogP contribution in [-0.4, -0.2) is 264 Å². The number of carbonyl (C=O) groups excluding carboxylic acids is 1. The van der Waals surface area contributed by atoms with Crippen LogP contribution in [0.25, 0.3) is 0 Å². The number of rotatable bonds is 18. The predicted molar refractivity (Wildman–Crippen MR) is 281 cm³/mol. The van der Waals surface area contributed by atoms with Crippen molar-refractivity contribution in [2.45, 2.75) is 241 Å². The van der Waals surface area contributed by atoms with Crippen LogP contribution in [0.15, 0.2) is 11.6 Å². The first-order chi connectivity index (χ1) is 39.6. The maximum Gasteiger partial charge on any atom is 0.397 e. The van der Waals surface area contributed by atoms with E-state index in [4.69, 9.17) is 56.3 Å². The highest BCUT2D eigenvalue weighted by molar-refractivity contribution is 7.81. The van der Waals surface area contributed by atoms with E-state index in [2.05, 4.69) is 44.9 Å². The van der Waals surface area contributed by atoms with Crippen molar-refractivity contribution in [3.05, 3.63) is 11.6 Å². The minimum Gasteiger partial charge on any atom is -0.394 e. The fourth-order valence-corrected chi connectivity index (χ4v) is 16.7. The van der Waals surface area contributed by atoms with E-state index in [1.54, 1.807) is 6.92 Å². The Morgan fingerprint density at radius 1 is 0.612 bits per heavy atom. The van der Waals surface area contributed by atoms with Crippen molar-refractivity contribution in [1.82, 2.24) is 0 Å². The van der Waals surface area contributed by atoms with Gasteiger partial charge in [-0.05, 0) is 92.3 Å². The van der Waals surface area contributed by atoms with E-state index >= 15 is 0 Å². The Hall–Kier alpha value is -1.69. The van der Waals surface area contributed by atoms with Crippen LogP contribution in [0.4, 0.5) is 0 Å². The Bertz CT molecular complexity index is 2600. The van der Waals surface area contributed by atoms with Crippen LogP contribution < -0.4 is 0 Å². The Balaban J connectivity index is 0.994. The molecule has 8 fully saturated rings. The van der Waals surface area contributed by atoms with Crippen LogP contribution in [0.1, 0.15) is 93.4 Å². The van der Waals surface area contributed by atoms with Gasteiger partial charge in [-0.1, -0.05) is 46.3 Å². The molecule has 5 aliphatic heterocycles. The normalized spacial score (nSPS) is 50.4. The number of fused-ring (bicyclic) bond motifs is 5. The van der Waals surface area contributed by atoms with Crippen LogP contribution in [0.5, 0.6) is 0 Å². The number of ether oxygens (including phenoxy) is 11. The molecule has 0 aromatic heterocycles. The summed E-state index contributed by atoms with van der Waals surface area (Å²) in [4.78, 5) is 13.0. The monoisotopic (exact) mass is 1270 g/mol. The lowest BCUT2D eigenvalue weighted by Crippen LogP contribution is -2.68. The van der Waals surface area contributed by atoms with E-state index in [9.17, 15) is 81.8 Å². The molecular weight excluding hydrogens is 1180 g/mol. The highest BCUT2D eigenvalue weighted by Gasteiger charge is 2.66. The van der Waals surface area contributed by atoms with Gasteiger partial charge in [-0.3, -0.25) is 13.9 Å². The first-order valence-corrected chi connectivity index (χ1v) is 31.5. The van der Waals surface area contributed by atoms with Gasteiger partial charge in [0.2, 0.25) is 0 Å². The number of methoxy groups -OCH3 is 1. The highest BCUT2D eigenvalue weighted by atomic mass is 32.3. The van der Waals surface area contributed by atoms with Gasteiger partial charge in [0.05, 0.1) is 38.6 Å². The summed E-state index contributed by atoms with van der Waals surface area (Å²) in [5.74, 6) is 0.479. The van der Waals surface area contributed by atoms with Crippen LogP contribution >= 0.6 is 0 Å². The van der Waals surface area contributed by atoms with Crippen LogP contribution in [-0.2, 0) is 86.1 Å². The van der Waals surface area contributed by atoms with E-state index in [1.807, 2.05) is 0 Å². The molecule has 5 heterocycles. The zero-order valence-corrected chi connectivity index (χ0v) is 50.1. The maximum absolute atomic E-state index is 13.0. The lowest BCUT2D eigenvalue weighted by atomic mass is 9.41. The third kappa shape index (κ3) is 12.8. The van der Waals surface area contributed by atoms with Crippen LogP contribution in [0.2, 0.25) is 0 Å². The van der Waals surface area contributed by atoms with Gasteiger partial charge in [0, 0.05) is 13.0 Å². The van der Waals surface area contributed by atoms with E-state index in [-0.39, 0.29) is 39.8 Å². The molecule has 0 bridgehead atoms. The van der Waals surface area contributed by atoms with Crippen molar-refractivity contribution < 1.29 is 142 Å². The van der Waals surface area contributed by atoms with Gasteiger partial charge in [-0.15, -0.1) is 0 Å². The summed E-state index contributed by atoms with van der Waals surface area (Å²) in [7, 11) is -9.39. The standard InChI is InChI=1S/C53H86O30S2/c1-21(55)23-11-15-53(7)25-9-10-30-50(3,4)31(13-14-51(30,5)24(25)12-16-52(23,53)6)78-48-43(35(60)29(19-73-48)83-85(68,69)70)82-49-44(81-45-36(61)32(57)26(56)18-72-45)37(62)40(22(2)75-49)79-47-39(64)42(34(59)28(77-47)20-74-84(65,66)67)80-46-38(63)41(71-8)33(58)27(17-54)76-46/h12,22-23,25-49,54,56-64H,9-11,13-20H2,1-8H3,(H,65,66,67)(H,68,69,70). The van der Waals surface area contributed by atoms with Crippen molar-refractivity contribution >= 4 is 26.6 Å². The number of allylic oxidation sites excluding steroid dienone is 2. The second-order valence-corrected chi connectivity index (χ2v) is 27.9. The van der Waals surface area contributed by atoms with Gasteiger partial charge in [0.1, 0.15) is 110 Å². The molecule has 3 saturated carbocycles. The number of carbonyl (C=O) groups is 1. The van der Waals surface area contributed by atoms with Gasteiger partial charge in [0.15, 0.2) is 31.5 Å². The van der Waals surface area contributed by atoms with Gasteiger partial charge >= 0.3 is 20.8 Å². The molecular formula is C53H86O30S2. The summed E-state index contributed by atoms with van der Waals surface area (Å²) in [5.41, 5.74) is 0.201. The van der Waals surface area contributed by atoms with Crippen molar-refractivity contribution in [3.63, 3.8) is 0 Å². The zero-order valence-electron chi connectivity index (χ0n) is 48.5. The first kappa shape index (κ1) is 67.7. The summed E-state index contributed by atoms with van der Waals surface area (Å²) in [6.45, 7) is 10.8. The number of aliphatic hydroxyl groups excluding tert-OH is 10. The quantitative estimate of drug-likeness (QED) is 0.0377. The van der Waals surface area contributed by atoms with Gasteiger partial charge in [0.25, 0.3) is 0 Å². The molecule has 4 aliphatic carbocycles. The summed E-state index contributed by atoms with van der Waals surface area (Å²) in [6, 6.07) is 0. The molecule has 12 N–H and O–H groups in total. The molecule has 32 heteroatoms. The molecule has 0 amide bonds.